The molecule has 4 nitrogen and oxygen atoms in total. The largest absolute Gasteiger partial charge is 0.416 e. The van der Waals surface area contributed by atoms with Gasteiger partial charge in [-0.05, 0) is 48.7 Å². The maximum absolute atomic E-state index is 12.9. The highest BCUT2D eigenvalue weighted by molar-refractivity contribution is 5.79. The Morgan fingerprint density at radius 3 is 2.47 bits per heavy atom. The van der Waals surface area contributed by atoms with Gasteiger partial charge in [-0.2, -0.15) is 13.2 Å². The van der Waals surface area contributed by atoms with Crippen LogP contribution in [0.1, 0.15) is 29.7 Å². The van der Waals surface area contributed by atoms with Gasteiger partial charge in [-0.3, -0.25) is 0 Å². The van der Waals surface area contributed by atoms with Gasteiger partial charge < -0.3 is 15.4 Å². The molecular weight excluding hydrogens is 415 g/mol. The van der Waals surface area contributed by atoms with Crippen molar-refractivity contribution in [1.29, 1.82) is 0 Å². The molecular formula is C25H24F3N3O. The summed E-state index contributed by atoms with van der Waals surface area (Å²) < 4.78 is 38.6. The number of aromatic nitrogens is 2. The van der Waals surface area contributed by atoms with Crippen LogP contribution in [0.4, 0.5) is 13.2 Å². The molecule has 3 aromatic carbocycles. The highest BCUT2D eigenvalue weighted by atomic mass is 19.4. The number of alkyl halides is 3. The van der Waals surface area contributed by atoms with E-state index in [0.29, 0.717) is 0 Å². The van der Waals surface area contributed by atoms with Crippen molar-refractivity contribution >= 4 is 11.0 Å². The first kappa shape index (κ1) is 22.0. The van der Waals surface area contributed by atoms with Crippen LogP contribution in [0.15, 0.2) is 72.8 Å². The number of fused-ring (bicyclic) bond motifs is 1. The Morgan fingerprint density at radius 1 is 1.00 bits per heavy atom. The number of hydrogen-bond acceptors (Lipinski definition) is 3. The monoisotopic (exact) mass is 439 g/mol. The van der Waals surface area contributed by atoms with Crippen LogP contribution in [-0.2, 0) is 12.6 Å². The lowest BCUT2D eigenvalue weighted by Gasteiger charge is -2.18. The third kappa shape index (κ3) is 5.18. The average molecular weight is 439 g/mol. The Bertz CT molecular complexity index is 1150. The van der Waals surface area contributed by atoms with Gasteiger partial charge in [0.1, 0.15) is 5.82 Å². The topological polar surface area (TPSA) is 60.9 Å². The Hall–Kier alpha value is -3.16. The van der Waals surface area contributed by atoms with Gasteiger partial charge >= 0.3 is 6.18 Å². The number of hydrogen-bond donors (Lipinski definition) is 3. The van der Waals surface area contributed by atoms with Gasteiger partial charge in [0.2, 0.25) is 0 Å². The van der Waals surface area contributed by atoms with E-state index in [1.54, 1.807) is 0 Å². The molecule has 0 amide bonds. The zero-order valence-electron chi connectivity index (χ0n) is 17.5. The number of rotatable bonds is 7. The molecule has 4 rings (SSSR count). The second-order valence-corrected chi connectivity index (χ2v) is 7.95. The van der Waals surface area contributed by atoms with Gasteiger partial charge in [0.05, 0.1) is 22.7 Å². The first-order valence-corrected chi connectivity index (χ1v) is 10.4. The van der Waals surface area contributed by atoms with Gasteiger partial charge in [0.15, 0.2) is 0 Å². The molecule has 1 aromatic heterocycles. The van der Waals surface area contributed by atoms with Gasteiger partial charge in [-0.15, -0.1) is 0 Å². The first-order valence-electron chi connectivity index (χ1n) is 10.4. The number of benzene rings is 3. The summed E-state index contributed by atoms with van der Waals surface area (Å²) >= 11 is 0. The molecule has 166 valence electrons. The Kier molecular flexibility index (Phi) is 6.30. The summed E-state index contributed by atoms with van der Waals surface area (Å²) in [4.78, 5) is 7.92. The summed E-state index contributed by atoms with van der Waals surface area (Å²) in [5.41, 5.74) is 3.50. The van der Waals surface area contributed by atoms with Crippen LogP contribution in [0.25, 0.3) is 22.4 Å². The van der Waals surface area contributed by atoms with E-state index >= 15 is 0 Å². The fourth-order valence-corrected chi connectivity index (χ4v) is 3.67. The molecule has 0 aliphatic carbocycles. The van der Waals surface area contributed by atoms with Crippen molar-refractivity contribution in [3.63, 3.8) is 0 Å². The van der Waals surface area contributed by atoms with E-state index in [4.69, 9.17) is 0 Å². The van der Waals surface area contributed by atoms with Crippen molar-refractivity contribution < 1.29 is 18.3 Å². The summed E-state index contributed by atoms with van der Waals surface area (Å²) in [6, 6.07) is 20.8. The number of nitrogens with zero attached hydrogens (tertiary/aromatic N) is 1. The van der Waals surface area contributed by atoms with Crippen molar-refractivity contribution in [2.75, 3.05) is 6.54 Å². The number of H-pyrrole nitrogens is 1. The average Bonchev–Trinajstić information content (AvgIpc) is 3.22. The van der Waals surface area contributed by atoms with Crippen LogP contribution in [0.3, 0.4) is 0 Å². The molecule has 0 saturated heterocycles. The van der Waals surface area contributed by atoms with Crippen LogP contribution >= 0.6 is 0 Å². The second-order valence-electron chi connectivity index (χ2n) is 7.95. The number of nitrogens with one attached hydrogen (secondary N) is 2. The second kappa shape index (κ2) is 9.14. The zero-order chi connectivity index (χ0) is 22.7. The Balaban J connectivity index is 1.33. The molecule has 0 radical (unpaired) electrons. The lowest BCUT2D eigenvalue weighted by atomic mass is 10.0. The minimum Gasteiger partial charge on any atom is -0.387 e. The van der Waals surface area contributed by atoms with Crippen LogP contribution in [0.5, 0.6) is 0 Å². The van der Waals surface area contributed by atoms with E-state index in [-0.39, 0.29) is 18.2 Å². The number of halogens is 3. The van der Waals surface area contributed by atoms with Crippen molar-refractivity contribution in [3.05, 3.63) is 89.5 Å². The molecule has 7 heteroatoms. The molecule has 2 unspecified atom stereocenters. The van der Waals surface area contributed by atoms with E-state index in [1.807, 2.05) is 55.5 Å². The van der Waals surface area contributed by atoms with Crippen LogP contribution in [0.2, 0.25) is 0 Å². The molecule has 32 heavy (non-hydrogen) atoms. The van der Waals surface area contributed by atoms with Gasteiger partial charge in [0.25, 0.3) is 0 Å². The molecule has 0 aliphatic rings. The fourth-order valence-electron chi connectivity index (χ4n) is 3.67. The van der Waals surface area contributed by atoms with E-state index in [1.165, 1.54) is 12.1 Å². The van der Waals surface area contributed by atoms with E-state index in [0.717, 1.165) is 46.5 Å². The minimum atomic E-state index is -4.43. The Morgan fingerprint density at radius 2 is 1.75 bits per heavy atom. The Labute approximate surface area is 184 Å². The summed E-state index contributed by atoms with van der Waals surface area (Å²) in [5.74, 6) is 0.813. The quantitative estimate of drug-likeness (QED) is 0.356. The van der Waals surface area contributed by atoms with E-state index < -0.39 is 17.8 Å². The number of aliphatic hydroxyl groups is 1. The molecule has 0 spiro atoms. The normalized spacial score (nSPS) is 13.9. The van der Waals surface area contributed by atoms with Crippen molar-refractivity contribution in [3.8, 4) is 11.4 Å². The van der Waals surface area contributed by atoms with Crippen LogP contribution in [-0.4, -0.2) is 27.7 Å². The maximum atomic E-state index is 12.9. The maximum Gasteiger partial charge on any atom is 0.416 e. The molecule has 1 heterocycles. The molecule has 0 bridgehead atoms. The van der Waals surface area contributed by atoms with Crippen molar-refractivity contribution in [2.24, 2.45) is 0 Å². The lowest BCUT2D eigenvalue weighted by Crippen LogP contribution is -2.32. The summed E-state index contributed by atoms with van der Waals surface area (Å²) in [6.07, 6.45) is -4.73. The predicted octanol–water partition coefficient (Wildman–Crippen LogP) is 5.50. The highest BCUT2D eigenvalue weighted by Gasteiger charge is 2.30. The third-order valence-corrected chi connectivity index (χ3v) is 5.42. The predicted molar refractivity (Wildman–Crippen MR) is 119 cm³/mol. The molecule has 2 atom stereocenters. The highest BCUT2D eigenvalue weighted by Crippen LogP contribution is 2.30. The summed E-state index contributed by atoms with van der Waals surface area (Å²) in [5, 5.41) is 13.5. The van der Waals surface area contributed by atoms with Gasteiger partial charge in [-0.1, -0.05) is 48.5 Å². The molecule has 4 aromatic rings. The first-order chi connectivity index (χ1) is 15.3. The van der Waals surface area contributed by atoms with E-state index in [9.17, 15) is 18.3 Å². The number of para-hydroxylation sites is 2. The van der Waals surface area contributed by atoms with Gasteiger partial charge in [-0.25, -0.2) is 4.98 Å². The molecule has 0 aliphatic heterocycles. The zero-order valence-corrected chi connectivity index (χ0v) is 17.5. The molecule has 0 fully saturated rings. The SMILES string of the molecule is CC(Cc1ccc(-c2nc3ccccc3[nH]2)cc1)NCC(O)c1cccc(C(F)(F)F)c1. The standard InChI is InChI=1S/C25H24F3N3O/c1-16(29-15-23(32)19-5-4-6-20(14-19)25(26,27)28)13-17-9-11-18(12-10-17)24-30-21-7-2-3-8-22(21)31-24/h2-12,14,16,23,29,32H,13,15H2,1H3,(H,30,31). The molecule has 3 N–H and O–H groups in total. The fraction of sp³-hybridized carbons (Fsp3) is 0.240. The smallest absolute Gasteiger partial charge is 0.387 e. The lowest BCUT2D eigenvalue weighted by molar-refractivity contribution is -0.137. The van der Waals surface area contributed by atoms with Crippen LogP contribution in [0, 0.1) is 0 Å². The summed E-state index contributed by atoms with van der Waals surface area (Å²) in [6.45, 7) is 2.14. The van der Waals surface area contributed by atoms with Crippen molar-refractivity contribution in [1.82, 2.24) is 15.3 Å². The third-order valence-electron chi connectivity index (χ3n) is 5.42. The van der Waals surface area contributed by atoms with E-state index in [2.05, 4.69) is 15.3 Å². The number of imidazole rings is 1. The number of aliphatic hydroxyl groups excluding tert-OH is 1. The summed E-state index contributed by atoms with van der Waals surface area (Å²) in [7, 11) is 0. The van der Waals surface area contributed by atoms with Gasteiger partial charge in [0, 0.05) is 18.2 Å². The van der Waals surface area contributed by atoms with Crippen LogP contribution < -0.4 is 5.32 Å². The van der Waals surface area contributed by atoms with Crippen molar-refractivity contribution in [2.45, 2.75) is 31.7 Å². The number of aromatic amines is 1. The molecule has 0 saturated carbocycles. The minimum absolute atomic E-state index is 0.0347.